The number of ether oxygens (including phenoxy) is 1. The third-order valence-corrected chi connectivity index (χ3v) is 5.96. The molecule has 0 bridgehead atoms. The molecule has 3 rings (SSSR count). The summed E-state index contributed by atoms with van der Waals surface area (Å²) in [7, 11) is 0. The summed E-state index contributed by atoms with van der Waals surface area (Å²) in [5.74, 6) is 0.953. The molecule has 2 amide bonds. The molecule has 7 heteroatoms. The summed E-state index contributed by atoms with van der Waals surface area (Å²) in [6.45, 7) is 6.20. The summed E-state index contributed by atoms with van der Waals surface area (Å²) < 4.78 is 5.82. The van der Waals surface area contributed by atoms with E-state index in [-0.39, 0.29) is 36.2 Å². The molecular weight excluding hydrogens is 390 g/mol. The Labute approximate surface area is 180 Å². The van der Waals surface area contributed by atoms with Gasteiger partial charge in [0.2, 0.25) is 5.91 Å². The lowest BCUT2D eigenvalue weighted by atomic mass is 9.85. The molecule has 1 aromatic carbocycles. The Kier molecular flexibility index (Phi) is 8.78. The first kappa shape index (κ1) is 23.5. The second kappa shape index (κ2) is 10.8. The molecule has 3 unspecified atom stereocenters. The zero-order valence-electron chi connectivity index (χ0n) is 17.5. The van der Waals surface area contributed by atoms with Crippen molar-refractivity contribution < 1.29 is 14.3 Å². The third-order valence-electron chi connectivity index (χ3n) is 5.96. The monoisotopic (exact) mass is 423 g/mol. The van der Waals surface area contributed by atoms with E-state index in [1.165, 1.54) is 5.56 Å². The molecule has 2 N–H and O–H groups in total. The van der Waals surface area contributed by atoms with Gasteiger partial charge in [0.15, 0.2) is 6.10 Å². The van der Waals surface area contributed by atoms with Crippen LogP contribution in [0.5, 0.6) is 5.75 Å². The molecule has 0 aromatic heterocycles. The van der Waals surface area contributed by atoms with E-state index >= 15 is 0 Å². The van der Waals surface area contributed by atoms with Crippen molar-refractivity contribution in [3.63, 3.8) is 0 Å². The van der Waals surface area contributed by atoms with E-state index in [0.29, 0.717) is 31.9 Å². The molecule has 1 aliphatic carbocycles. The standard InChI is InChI=1S/C22H33N3O3.ClH/c1-3-17-7-9-20(10-8-17)28-16(2)21(26)24-11-13-25(14-12-24)22(27)18-5-4-6-19(23)15-18;/h7-10,16,18-19H,3-6,11-15,23H2,1-2H3;1H. The number of benzene rings is 1. The highest BCUT2D eigenvalue weighted by molar-refractivity contribution is 5.85. The first-order valence-electron chi connectivity index (χ1n) is 10.6. The van der Waals surface area contributed by atoms with Gasteiger partial charge in [-0.2, -0.15) is 0 Å². The first-order valence-corrected chi connectivity index (χ1v) is 10.6. The molecule has 162 valence electrons. The number of halogens is 1. The van der Waals surface area contributed by atoms with Crippen molar-refractivity contribution in [2.75, 3.05) is 26.2 Å². The molecule has 29 heavy (non-hydrogen) atoms. The summed E-state index contributed by atoms with van der Waals surface area (Å²) in [4.78, 5) is 29.2. The summed E-state index contributed by atoms with van der Waals surface area (Å²) >= 11 is 0. The van der Waals surface area contributed by atoms with Crippen molar-refractivity contribution in [1.82, 2.24) is 9.80 Å². The number of carbonyl (C=O) groups is 2. The molecular formula is C22H34ClN3O3. The Morgan fingerprint density at radius 3 is 2.31 bits per heavy atom. The number of rotatable bonds is 5. The molecule has 1 heterocycles. The second-order valence-corrected chi connectivity index (χ2v) is 8.03. The van der Waals surface area contributed by atoms with E-state index in [4.69, 9.17) is 10.5 Å². The number of hydrogen-bond acceptors (Lipinski definition) is 4. The average molecular weight is 424 g/mol. The quantitative estimate of drug-likeness (QED) is 0.789. The SMILES string of the molecule is CCc1ccc(OC(C)C(=O)N2CCN(C(=O)C3CCCC(N)C3)CC2)cc1.Cl. The van der Waals surface area contributed by atoms with E-state index in [1.807, 2.05) is 34.1 Å². The Bertz CT molecular complexity index is 674. The number of hydrogen-bond donors (Lipinski definition) is 1. The summed E-state index contributed by atoms with van der Waals surface area (Å²) in [6, 6.07) is 8.01. The molecule has 1 saturated heterocycles. The van der Waals surface area contributed by atoms with E-state index in [0.717, 1.165) is 32.1 Å². The van der Waals surface area contributed by atoms with Crippen molar-refractivity contribution in [1.29, 1.82) is 0 Å². The molecule has 2 fully saturated rings. The van der Waals surface area contributed by atoms with Gasteiger partial charge in [-0.1, -0.05) is 25.5 Å². The molecule has 1 aromatic rings. The summed E-state index contributed by atoms with van der Waals surface area (Å²) in [6.07, 6.45) is 4.22. The largest absolute Gasteiger partial charge is 0.481 e. The Hall–Kier alpha value is -1.79. The number of piperazine rings is 1. The lowest BCUT2D eigenvalue weighted by Gasteiger charge is -2.38. The van der Waals surface area contributed by atoms with Crippen molar-refractivity contribution >= 4 is 24.2 Å². The molecule has 2 aliphatic rings. The molecule has 1 aliphatic heterocycles. The van der Waals surface area contributed by atoms with Crippen LogP contribution in [0.2, 0.25) is 0 Å². The highest BCUT2D eigenvalue weighted by atomic mass is 35.5. The fourth-order valence-electron chi connectivity index (χ4n) is 4.17. The zero-order valence-corrected chi connectivity index (χ0v) is 18.3. The maximum atomic E-state index is 12.7. The number of aryl methyl sites for hydroxylation is 1. The van der Waals surface area contributed by atoms with Gasteiger partial charge in [0.25, 0.3) is 5.91 Å². The topological polar surface area (TPSA) is 75.9 Å². The van der Waals surface area contributed by atoms with Gasteiger partial charge in [-0.25, -0.2) is 0 Å². The molecule has 0 radical (unpaired) electrons. The lowest BCUT2D eigenvalue weighted by Crippen LogP contribution is -2.54. The fraction of sp³-hybridized carbons (Fsp3) is 0.636. The van der Waals surface area contributed by atoms with Gasteiger partial charge < -0.3 is 20.3 Å². The van der Waals surface area contributed by atoms with Crippen LogP contribution in [-0.2, 0) is 16.0 Å². The van der Waals surface area contributed by atoms with E-state index < -0.39 is 6.10 Å². The molecule has 3 atom stereocenters. The van der Waals surface area contributed by atoms with E-state index in [1.54, 1.807) is 6.92 Å². The van der Waals surface area contributed by atoms with Crippen molar-refractivity contribution in [2.45, 2.75) is 58.1 Å². The normalized spacial score (nSPS) is 23.1. The smallest absolute Gasteiger partial charge is 0.263 e. The third kappa shape index (κ3) is 6.09. The number of amides is 2. The van der Waals surface area contributed by atoms with Crippen LogP contribution in [0.25, 0.3) is 0 Å². The minimum atomic E-state index is -0.536. The number of nitrogens with two attached hydrogens (primary N) is 1. The average Bonchev–Trinajstić information content (AvgIpc) is 2.73. The second-order valence-electron chi connectivity index (χ2n) is 8.03. The predicted octanol–water partition coefficient (Wildman–Crippen LogP) is 2.63. The Balaban J connectivity index is 0.00000300. The Morgan fingerprint density at radius 2 is 1.72 bits per heavy atom. The zero-order chi connectivity index (χ0) is 20.1. The highest BCUT2D eigenvalue weighted by Crippen LogP contribution is 2.25. The van der Waals surface area contributed by atoms with Gasteiger partial charge in [0.05, 0.1) is 0 Å². The molecule has 6 nitrogen and oxygen atoms in total. The maximum absolute atomic E-state index is 12.7. The van der Waals surface area contributed by atoms with Gasteiger partial charge >= 0.3 is 0 Å². The van der Waals surface area contributed by atoms with Gasteiger partial charge in [-0.3, -0.25) is 9.59 Å². The van der Waals surface area contributed by atoms with E-state index in [9.17, 15) is 9.59 Å². The van der Waals surface area contributed by atoms with Crippen LogP contribution in [0.15, 0.2) is 24.3 Å². The van der Waals surface area contributed by atoms with E-state index in [2.05, 4.69) is 6.92 Å². The highest BCUT2D eigenvalue weighted by Gasteiger charge is 2.32. The van der Waals surface area contributed by atoms with Crippen molar-refractivity contribution in [2.24, 2.45) is 11.7 Å². The minimum absolute atomic E-state index is 0. The predicted molar refractivity (Wildman–Crippen MR) is 116 cm³/mol. The summed E-state index contributed by atoms with van der Waals surface area (Å²) in [5.41, 5.74) is 7.27. The van der Waals surface area contributed by atoms with Crippen LogP contribution in [-0.4, -0.2) is 59.9 Å². The van der Waals surface area contributed by atoms with Crippen LogP contribution in [0.3, 0.4) is 0 Å². The van der Waals surface area contributed by atoms with Crippen molar-refractivity contribution in [3.8, 4) is 5.75 Å². The van der Waals surface area contributed by atoms with Gasteiger partial charge in [-0.05, 0) is 50.3 Å². The number of nitrogens with zero attached hydrogens (tertiary/aromatic N) is 2. The van der Waals surface area contributed by atoms with Crippen LogP contribution in [0.4, 0.5) is 0 Å². The summed E-state index contributed by atoms with van der Waals surface area (Å²) in [5, 5.41) is 0. The lowest BCUT2D eigenvalue weighted by molar-refractivity contribution is -0.146. The van der Waals surface area contributed by atoms with Gasteiger partial charge in [0, 0.05) is 38.1 Å². The molecule has 1 saturated carbocycles. The van der Waals surface area contributed by atoms with Gasteiger partial charge in [0.1, 0.15) is 5.75 Å². The van der Waals surface area contributed by atoms with Gasteiger partial charge in [-0.15, -0.1) is 12.4 Å². The fourth-order valence-corrected chi connectivity index (χ4v) is 4.17. The Morgan fingerprint density at radius 1 is 1.10 bits per heavy atom. The maximum Gasteiger partial charge on any atom is 0.263 e. The van der Waals surface area contributed by atoms with Crippen LogP contribution >= 0.6 is 12.4 Å². The van der Waals surface area contributed by atoms with Crippen LogP contribution in [0, 0.1) is 5.92 Å². The molecule has 0 spiro atoms. The van der Waals surface area contributed by atoms with Crippen LogP contribution < -0.4 is 10.5 Å². The van der Waals surface area contributed by atoms with Crippen molar-refractivity contribution in [3.05, 3.63) is 29.8 Å². The number of carbonyl (C=O) groups excluding carboxylic acids is 2. The minimum Gasteiger partial charge on any atom is -0.481 e. The van der Waals surface area contributed by atoms with Crippen LogP contribution in [0.1, 0.15) is 45.1 Å². The first-order chi connectivity index (χ1) is 13.5.